The highest BCUT2D eigenvalue weighted by atomic mass is 32.1. The number of aromatic nitrogens is 2. The molecule has 1 saturated heterocycles. The second-order valence-corrected chi connectivity index (χ2v) is 7.20. The van der Waals surface area contributed by atoms with Crippen molar-refractivity contribution in [3.05, 3.63) is 66.0 Å². The Balaban J connectivity index is 1.30. The number of nitrogens with zero attached hydrogens (tertiary/aromatic N) is 4. The molecule has 134 valence electrons. The molecule has 3 aromatic rings. The molecule has 2 aromatic carbocycles. The third-order valence-corrected chi connectivity index (χ3v) is 5.50. The van der Waals surface area contributed by atoms with Gasteiger partial charge in [-0.2, -0.15) is 9.36 Å². The van der Waals surface area contributed by atoms with E-state index in [9.17, 15) is 4.39 Å². The van der Waals surface area contributed by atoms with Gasteiger partial charge in [0.1, 0.15) is 5.82 Å². The summed E-state index contributed by atoms with van der Waals surface area (Å²) in [5, 5.41) is 1.00. The summed E-state index contributed by atoms with van der Waals surface area (Å²) in [6, 6.07) is 16.9. The van der Waals surface area contributed by atoms with Gasteiger partial charge in [0.2, 0.25) is 5.13 Å². The van der Waals surface area contributed by atoms with Crippen LogP contribution in [0.5, 0.6) is 0 Å². The predicted octanol–water partition coefficient (Wildman–Crippen LogP) is 3.71. The smallest absolute Gasteiger partial charge is 0.205 e. The molecule has 0 atom stereocenters. The van der Waals surface area contributed by atoms with Crippen LogP contribution in [0.2, 0.25) is 0 Å². The molecule has 1 fully saturated rings. The number of piperazine rings is 1. The minimum atomic E-state index is -0.172. The summed E-state index contributed by atoms with van der Waals surface area (Å²) in [4.78, 5) is 9.49. The molecule has 26 heavy (non-hydrogen) atoms. The molecular weight excluding hydrogens is 347 g/mol. The van der Waals surface area contributed by atoms with Gasteiger partial charge in [0.15, 0.2) is 5.82 Å². The zero-order valence-electron chi connectivity index (χ0n) is 14.5. The van der Waals surface area contributed by atoms with Crippen LogP contribution in [0.25, 0.3) is 11.4 Å². The van der Waals surface area contributed by atoms with E-state index in [0.29, 0.717) is 0 Å². The summed E-state index contributed by atoms with van der Waals surface area (Å²) in [6.45, 7) is 4.97. The van der Waals surface area contributed by atoms with E-state index in [0.717, 1.165) is 55.7 Å². The van der Waals surface area contributed by atoms with Crippen LogP contribution >= 0.6 is 11.5 Å². The highest BCUT2D eigenvalue weighted by Crippen LogP contribution is 2.24. The number of rotatable bonds is 5. The molecular formula is C20H21FN4S. The van der Waals surface area contributed by atoms with Crippen molar-refractivity contribution in [1.82, 2.24) is 14.3 Å². The van der Waals surface area contributed by atoms with Crippen LogP contribution in [0.4, 0.5) is 9.52 Å². The molecule has 2 heterocycles. The topological polar surface area (TPSA) is 32.3 Å². The van der Waals surface area contributed by atoms with Gasteiger partial charge in [0.25, 0.3) is 0 Å². The fraction of sp³-hybridized carbons (Fsp3) is 0.300. The van der Waals surface area contributed by atoms with Gasteiger partial charge in [-0.1, -0.05) is 42.5 Å². The summed E-state index contributed by atoms with van der Waals surface area (Å²) < 4.78 is 17.5. The third kappa shape index (κ3) is 4.08. The van der Waals surface area contributed by atoms with Gasteiger partial charge in [0, 0.05) is 49.8 Å². The summed E-state index contributed by atoms with van der Waals surface area (Å²) in [6.07, 6.45) is 0.956. The van der Waals surface area contributed by atoms with Crippen molar-refractivity contribution in [3.63, 3.8) is 0 Å². The fourth-order valence-electron chi connectivity index (χ4n) is 3.15. The lowest BCUT2D eigenvalue weighted by atomic mass is 10.1. The standard InChI is InChI=1S/C20H21FN4S/c21-18-8-6-16(7-9-18)10-11-24-12-14-25(15-13-24)20-22-19(23-26-20)17-4-2-1-3-5-17/h1-9H,10-15H2. The Labute approximate surface area is 157 Å². The number of benzene rings is 2. The number of hydrogen-bond acceptors (Lipinski definition) is 5. The Kier molecular flexibility index (Phi) is 5.22. The fourth-order valence-corrected chi connectivity index (χ4v) is 3.89. The molecule has 0 unspecified atom stereocenters. The summed E-state index contributed by atoms with van der Waals surface area (Å²) in [5.41, 5.74) is 2.25. The van der Waals surface area contributed by atoms with E-state index in [1.54, 1.807) is 0 Å². The Morgan fingerprint density at radius 3 is 2.38 bits per heavy atom. The maximum Gasteiger partial charge on any atom is 0.205 e. The minimum absolute atomic E-state index is 0.172. The lowest BCUT2D eigenvalue weighted by molar-refractivity contribution is 0.261. The molecule has 1 aromatic heterocycles. The second kappa shape index (κ2) is 7.93. The zero-order chi connectivity index (χ0) is 17.8. The van der Waals surface area contributed by atoms with Gasteiger partial charge >= 0.3 is 0 Å². The summed E-state index contributed by atoms with van der Waals surface area (Å²) in [5.74, 6) is 0.638. The average molecular weight is 368 g/mol. The second-order valence-electron chi connectivity index (χ2n) is 6.47. The number of halogens is 1. The number of hydrogen-bond donors (Lipinski definition) is 0. The minimum Gasteiger partial charge on any atom is -0.344 e. The van der Waals surface area contributed by atoms with E-state index in [-0.39, 0.29) is 5.82 Å². The third-order valence-electron chi connectivity index (χ3n) is 4.72. The largest absolute Gasteiger partial charge is 0.344 e. The molecule has 0 aliphatic carbocycles. The van der Waals surface area contributed by atoms with E-state index >= 15 is 0 Å². The van der Waals surface area contributed by atoms with Crippen LogP contribution in [0.1, 0.15) is 5.56 Å². The molecule has 0 radical (unpaired) electrons. The first kappa shape index (κ1) is 17.1. The van der Waals surface area contributed by atoms with Gasteiger partial charge in [0.05, 0.1) is 0 Å². The summed E-state index contributed by atoms with van der Waals surface area (Å²) >= 11 is 1.47. The zero-order valence-corrected chi connectivity index (χ0v) is 15.3. The van der Waals surface area contributed by atoms with Gasteiger partial charge in [-0.15, -0.1) is 0 Å². The predicted molar refractivity (Wildman–Crippen MR) is 104 cm³/mol. The first-order valence-corrected chi connectivity index (χ1v) is 9.66. The Hall–Kier alpha value is -2.31. The molecule has 0 saturated carbocycles. The van der Waals surface area contributed by atoms with Crippen LogP contribution in [0, 0.1) is 5.82 Å². The van der Waals surface area contributed by atoms with E-state index in [2.05, 4.69) is 14.2 Å². The molecule has 0 amide bonds. The van der Waals surface area contributed by atoms with Crippen molar-refractivity contribution >= 4 is 16.7 Å². The lowest BCUT2D eigenvalue weighted by Gasteiger charge is -2.34. The van der Waals surface area contributed by atoms with E-state index in [1.165, 1.54) is 29.2 Å². The van der Waals surface area contributed by atoms with Crippen molar-refractivity contribution in [2.24, 2.45) is 0 Å². The quantitative estimate of drug-likeness (QED) is 0.687. The normalized spacial score (nSPS) is 15.3. The highest BCUT2D eigenvalue weighted by molar-refractivity contribution is 7.09. The maximum atomic E-state index is 13.0. The molecule has 0 spiro atoms. The van der Waals surface area contributed by atoms with Crippen molar-refractivity contribution in [2.75, 3.05) is 37.6 Å². The molecule has 0 N–H and O–H groups in total. The molecule has 4 nitrogen and oxygen atoms in total. The molecule has 4 rings (SSSR count). The van der Waals surface area contributed by atoms with Crippen LogP contribution in [0.15, 0.2) is 54.6 Å². The molecule has 6 heteroatoms. The Morgan fingerprint density at radius 1 is 0.923 bits per heavy atom. The average Bonchev–Trinajstić information content (AvgIpc) is 3.19. The monoisotopic (exact) mass is 368 g/mol. The molecule has 1 aliphatic heterocycles. The lowest BCUT2D eigenvalue weighted by Crippen LogP contribution is -2.47. The number of anilines is 1. The van der Waals surface area contributed by atoms with Crippen LogP contribution in [-0.2, 0) is 6.42 Å². The van der Waals surface area contributed by atoms with Crippen molar-refractivity contribution in [2.45, 2.75) is 6.42 Å². The van der Waals surface area contributed by atoms with E-state index in [1.807, 2.05) is 42.5 Å². The van der Waals surface area contributed by atoms with Crippen molar-refractivity contribution in [3.8, 4) is 11.4 Å². The van der Waals surface area contributed by atoms with Crippen LogP contribution in [0.3, 0.4) is 0 Å². The molecule has 1 aliphatic rings. The first-order chi connectivity index (χ1) is 12.8. The van der Waals surface area contributed by atoms with Crippen molar-refractivity contribution < 1.29 is 4.39 Å². The van der Waals surface area contributed by atoms with Crippen molar-refractivity contribution in [1.29, 1.82) is 0 Å². The van der Waals surface area contributed by atoms with Crippen LogP contribution < -0.4 is 4.90 Å². The first-order valence-electron chi connectivity index (χ1n) is 8.89. The summed E-state index contributed by atoms with van der Waals surface area (Å²) in [7, 11) is 0. The Bertz CT molecular complexity index is 827. The van der Waals surface area contributed by atoms with Gasteiger partial charge in [-0.05, 0) is 24.1 Å². The SMILES string of the molecule is Fc1ccc(CCN2CCN(c3nc(-c4ccccc4)ns3)CC2)cc1. The van der Waals surface area contributed by atoms with Gasteiger partial charge < -0.3 is 4.90 Å². The van der Waals surface area contributed by atoms with E-state index in [4.69, 9.17) is 4.98 Å². The van der Waals surface area contributed by atoms with E-state index < -0.39 is 0 Å². The highest BCUT2D eigenvalue weighted by Gasteiger charge is 2.20. The molecule has 0 bridgehead atoms. The van der Waals surface area contributed by atoms with Gasteiger partial charge in [-0.25, -0.2) is 4.39 Å². The Morgan fingerprint density at radius 2 is 1.65 bits per heavy atom. The van der Waals surface area contributed by atoms with Gasteiger partial charge in [-0.3, -0.25) is 4.90 Å². The van der Waals surface area contributed by atoms with Crippen LogP contribution in [-0.4, -0.2) is 47.0 Å². The maximum absolute atomic E-state index is 13.0.